The number of fused-ring (bicyclic) bond motifs is 1. The molecule has 1 aromatic carbocycles. The predicted octanol–water partition coefficient (Wildman–Crippen LogP) is 3.97. The molecular weight excluding hydrogens is 258 g/mol. The van der Waals surface area contributed by atoms with Crippen LogP contribution in [0.3, 0.4) is 0 Å². The normalized spacial score (nSPS) is 11.0. The Labute approximate surface area is 128 Å². The fourth-order valence-corrected chi connectivity index (χ4v) is 2.64. The van der Waals surface area contributed by atoms with Crippen molar-refractivity contribution in [2.24, 2.45) is 0 Å². The summed E-state index contributed by atoms with van der Waals surface area (Å²) in [7, 11) is 0. The minimum absolute atomic E-state index is 0.843. The van der Waals surface area contributed by atoms with E-state index in [4.69, 9.17) is 4.98 Å². The first-order chi connectivity index (χ1) is 10.3. The third kappa shape index (κ3) is 3.94. The fourth-order valence-electron chi connectivity index (χ4n) is 2.64. The molecule has 0 aliphatic rings. The lowest BCUT2D eigenvalue weighted by Gasteiger charge is -2.23. The average Bonchev–Trinajstić information content (AvgIpc) is 2.52. The molecule has 0 spiro atoms. The Bertz CT molecular complexity index is 565. The van der Waals surface area contributed by atoms with Gasteiger partial charge in [0.15, 0.2) is 0 Å². The Hall–Kier alpha value is -1.61. The van der Waals surface area contributed by atoms with Crippen molar-refractivity contribution in [3.8, 4) is 0 Å². The van der Waals surface area contributed by atoms with Gasteiger partial charge in [0.2, 0.25) is 0 Å². The van der Waals surface area contributed by atoms with E-state index in [1.165, 1.54) is 10.8 Å². The third-order valence-electron chi connectivity index (χ3n) is 3.68. The molecule has 0 bridgehead atoms. The number of benzene rings is 1. The molecule has 2 rings (SSSR count). The van der Waals surface area contributed by atoms with Crippen molar-refractivity contribution >= 4 is 16.6 Å². The maximum atomic E-state index is 4.93. The van der Waals surface area contributed by atoms with E-state index in [2.05, 4.69) is 61.3 Å². The van der Waals surface area contributed by atoms with Gasteiger partial charge < -0.3 is 10.2 Å². The van der Waals surface area contributed by atoms with Crippen LogP contribution in [0.4, 0.5) is 5.82 Å². The summed E-state index contributed by atoms with van der Waals surface area (Å²) in [5.74, 6) is 1.13. The van der Waals surface area contributed by atoms with E-state index >= 15 is 0 Å². The SMILES string of the molecule is CCCNCc1cc2ccccc2c(N(CC)CCC)n1. The number of pyridine rings is 1. The zero-order valence-corrected chi connectivity index (χ0v) is 13.5. The molecule has 0 atom stereocenters. The molecule has 0 amide bonds. The van der Waals surface area contributed by atoms with Gasteiger partial charge >= 0.3 is 0 Å². The zero-order chi connectivity index (χ0) is 15.1. The van der Waals surface area contributed by atoms with Crippen LogP contribution in [0.2, 0.25) is 0 Å². The first-order valence-electron chi connectivity index (χ1n) is 8.14. The molecule has 0 radical (unpaired) electrons. The van der Waals surface area contributed by atoms with Crippen molar-refractivity contribution in [3.63, 3.8) is 0 Å². The van der Waals surface area contributed by atoms with Crippen LogP contribution in [0.5, 0.6) is 0 Å². The van der Waals surface area contributed by atoms with Crippen LogP contribution in [-0.2, 0) is 6.54 Å². The van der Waals surface area contributed by atoms with Gasteiger partial charge in [-0.15, -0.1) is 0 Å². The smallest absolute Gasteiger partial charge is 0.136 e. The summed E-state index contributed by atoms with van der Waals surface area (Å²) in [6, 6.07) is 10.8. The largest absolute Gasteiger partial charge is 0.356 e. The number of anilines is 1. The first-order valence-corrected chi connectivity index (χ1v) is 8.14. The quantitative estimate of drug-likeness (QED) is 0.744. The minimum atomic E-state index is 0.843. The lowest BCUT2D eigenvalue weighted by molar-refractivity contribution is 0.663. The number of nitrogens with zero attached hydrogens (tertiary/aromatic N) is 2. The summed E-state index contributed by atoms with van der Waals surface area (Å²) in [6.07, 6.45) is 2.29. The van der Waals surface area contributed by atoms with Crippen molar-refractivity contribution in [3.05, 3.63) is 36.0 Å². The molecular formula is C18H27N3. The zero-order valence-electron chi connectivity index (χ0n) is 13.5. The van der Waals surface area contributed by atoms with E-state index in [-0.39, 0.29) is 0 Å². The molecule has 0 aliphatic heterocycles. The van der Waals surface area contributed by atoms with Crippen LogP contribution in [0, 0.1) is 0 Å². The molecule has 114 valence electrons. The number of aromatic nitrogens is 1. The molecule has 0 saturated carbocycles. The van der Waals surface area contributed by atoms with Gasteiger partial charge in [-0.2, -0.15) is 0 Å². The van der Waals surface area contributed by atoms with E-state index < -0.39 is 0 Å². The molecule has 1 aromatic heterocycles. The highest BCUT2D eigenvalue weighted by atomic mass is 15.2. The summed E-state index contributed by atoms with van der Waals surface area (Å²) >= 11 is 0. The Morgan fingerprint density at radius 3 is 2.62 bits per heavy atom. The van der Waals surface area contributed by atoms with Gasteiger partial charge in [-0.05, 0) is 37.8 Å². The van der Waals surface area contributed by atoms with Crippen LogP contribution in [-0.4, -0.2) is 24.6 Å². The third-order valence-corrected chi connectivity index (χ3v) is 3.68. The molecule has 3 nitrogen and oxygen atoms in total. The van der Waals surface area contributed by atoms with E-state index in [1.54, 1.807) is 0 Å². The summed E-state index contributed by atoms with van der Waals surface area (Å²) in [5, 5.41) is 5.99. The lowest BCUT2D eigenvalue weighted by atomic mass is 10.1. The standard InChI is InChI=1S/C18H27N3/c1-4-11-19-14-16-13-15-9-7-8-10-17(15)18(20-16)21(6-3)12-5-2/h7-10,13,19H,4-6,11-12,14H2,1-3H3. The molecule has 21 heavy (non-hydrogen) atoms. The van der Waals surface area contributed by atoms with Crippen molar-refractivity contribution in [2.75, 3.05) is 24.5 Å². The van der Waals surface area contributed by atoms with Gasteiger partial charge in [0.05, 0.1) is 5.69 Å². The van der Waals surface area contributed by atoms with E-state index in [1.807, 2.05) is 0 Å². The summed E-state index contributed by atoms with van der Waals surface area (Å²) in [5.41, 5.74) is 1.13. The second-order valence-corrected chi connectivity index (χ2v) is 5.41. The Morgan fingerprint density at radius 2 is 1.90 bits per heavy atom. The second-order valence-electron chi connectivity index (χ2n) is 5.41. The highest BCUT2D eigenvalue weighted by Gasteiger charge is 2.11. The number of rotatable bonds is 8. The molecule has 2 aromatic rings. The van der Waals surface area contributed by atoms with Gasteiger partial charge in [-0.25, -0.2) is 4.98 Å². The van der Waals surface area contributed by atoms with Crippen LogP contribution in [0.1, 0.15) is 39.3 Å². The molecule has 0 fully saturated rings. The number of hydrogen-bond donors (Lipinski definition) is 1. The molecule has 1 N–H and O–H groups in total. The Balaban J connectivity index is 2.39. The number of nitrogens with one attached hydrogen (secondary N) is 1. The predicted molar refractivity (Wildman–Crippen MR) is 91.9 cm³/mol. The summed E-state index contributed by atoms with van der Waals surface area (Å²) in [6.45, 7) is 10.5. The Kier molecular flexibility index (Phi) is 6.00. The topological polar surface area (TPSA) is 28.2 Å². The van der Waals surface area contributed by atoms with Crippen molar-refractivity contribution in [2.45, 2.75) is 40.2 Å². The van der Waals surface area contributed by atoms with Crippen molar-refractivity contribution in [1.29, 1.82) is 0 Å². The van der Waals surface area contributed by atoms with E-state index in [0.29, 0.717) is 0 Å². The highest BCUT2D eigenvalue weighted by molar-refractivity contribution is 5.92. The maximum Gasteiger partial charge on any atom is 0.136 e. The minimum Gasteiger partial charge on any atom is -0.356 e. The molecule has 0 unspecified atom stereocenters. The van der Waals surface area contributed by atoms with Crippen molar-refractivity contribution in [1.82, 2.24) is 10.3 Å². The van der Waals surface area contributed by atoms with Crippen LogP contribution in [0.15, 0.2) is 30.3 Å². The lowest BCUT2D eigenvalue weighted by Crippen LogP contribution is -2.25. The summed E-state index contributed by atoms with van der Waals surface area (Å²) in [4.78, 5) is 7.31. The van der Waals surface area contributed by atoms with Crippen LogP contribution >= 0.6 is 0 Å². The van der Waals surface area contributed by atoms with Gasteiger partial charge in [0, 0.05) is 25.0 Å². The van der Waals surface area contributed by atoms with E-state index in [9.17, 15) is 0 Å². The molecule has 1 heterocycles. The van der Waals surface area contributed by atoms with Gasteiger partial charge in [-0.3, -0.25) is 0 Å². The maximum absolute atomic E-state index is 4.93. The van der Waals surface area contributed by atoms with E-state index in [0.717, 1.165) is 50.5 Å². The second kappa shape index (κ2) is 7.99. The average molecular weight is 285 g/mol. The van der Waals surface area contributed by atoms with Crippen LogP contribution in [0.25, 0.3) is 10.8 Å². The monoisotopic (exact) mass is 285 g/mol. The fraction of sp³-hybridized carbons (Fsp3) is 0.500. The van der Waals surface area contributed by atoms with Gasteiger partial charge in [-0.1, -0.05) is 38.1 Å². The van der Waals surface area contributed by atoms with Crippen LogP contribution < -0.4 is 10.2 Å². The first kappa shape index (κ1) is 15.8. The van der Waals surface area contributed by atoms with Gasteiger partial charge in [0.1, 0.15) is 5.82 Å². The summed E-state index contributed by atoms with van der Waals surface area (Å²) < 4.78 is 0. The Morgan fingerprint density at radius 1 is 1.10 bits per heavy atom. The molecule has 3 heteroatoms. The van der Waals surface area contributed by atoms with Gasteiger partial charge in [0.25, 0.3) is 0 Å². The van der Waals surface area contributed by atoms with Crippen molar-refractivity contribution < 1.29 is 0 Å². The highest BCUT2D eigenvalue weighted by Crippen LogP contribution is 2.26. The molecule has 0 saturated heterocycles. The molecule has 0 aliphatic carbocycles. The number of hydrogen-bond acceptors (Lipinski definition) is 3.